The lowest BCUT2D eigenvalue weighted by molar-refractivity contribution is 0.103. The molecule has 7 heteroatoms. The normalized spacial score (nSPS) is 11.2. The maximum atomic E-state index is 13.1. The molecule has 0 aliphatic carbocycles. The van der Waals surface area contributed by atoms with Gasteiger partial charge in [0.25, 0.3) is 0 Å². The molecule has 0 radical (unpaired) electrons. The Morgan fingerprint density at radius 2 is 2.00 bits per heavy atom. The van der Waals surface area contributed by atoms with Gasteiger partial charge in [0.1, 0.15) is 17.2 Å². The van der Waals surface area contributed by atoms with E-state index in [9.17, 15) is 9.18 Å². The van der Waals surface area contributed by atoms with Crippen molar-refractivity contribution >= 4 is 28.4 Å². The number of benzene rings is 1. The molecule has 0 atom stereocenters. The smallest absolute Gasteiger partial charge is 0.213 e. The molecule has 0 unspecified atom stereocenters. The zero-order chi connectivity index (χ0) is 19.7. The zero-order valence-corrected chi connectivity index (χ0v) is 16.0. The summed E-state index contributed by atoms with van der Waals surface area (Å²) in [7, 11) is 0. The number of carbonyl (C=O) groups excluding carboxylic acids is 1. The van der Waals surface area contributed by atoms with Crippen LogP contribution >= 0.6 is 11.6 Å². The molecule has 0 aliphatic rings. The van der Waals surface area contributed by atoms with Gasteiger partial charge in [-0.3, -0.25) is 9.48 Å². The lowest BCUT2D eigenvalue weighted by Gasteiger charge is -2.02. The van der Waals surface area contributed by atoms with Crippen molar-refractivity contribution in [3.8, 4) is 0 Å². The van der Waals surface area contributed by atoms with E-state index in [1.807, 2.05) is 13.0 Å². The van der Waals surface area contributed by atoms with Crippen LogP contribution in [-0.4, -0.2) is 25.5 Å². The van der Waals surface area contributed by atoms with E-state index in [2.05, 4.69) is 15.1 Å². The van der Waals surface area contributed by atoms with Crippen LogP contribution in [0.2, 0.25) is 5.02 Å². The minimum absolute atomic E-state index is 0.127. The summed E-state index contributed by atoms with van der Waals surface area (Å²) in [5, 5.41) is 5.73. The molecule has 0 saturated carbocycles. The van der Waals surface area contributed by atoms with Crippen LogP contribution in [0.4, 0.5) is 4.39 Å². The highest BCUT2D eigenvalue weighted by Crippen LogP contribution is 2.23. The van der Waals surface area contributed by atoms with Crippen molar-refractivity contribution in [3.05, 3.63) is 82.1 Å². The molecule has 5 nitrogen and oxygen atoms in total. The fourth-order valence-corrected chi connectivity index (χ4v) is 3.40. The molecule has 0 aliphatic heterocycles. The average molecular weight is 397 g/mol. The van der Waals surface area contributed by atoms with Gasteiger partial charge in [-0.15, -0.1) is 0 Å². The largest absolute Gasteiger partial charge is 0.345 e. The first-order chi connectivity index (χ1) is 13.5. The third-order valence-corrected chi connectivity index (χ3v) is 4.89. The lowest BCUT2D eigenvalue weighted by atomic mass is 10.1. The van der Waals surface area contributed by atoms with Gasteiger partial charge >= 0.3 is 0 Å². The Labute approximate surface area is 166 Å². The van der Waals surface area contributed by atoms with Gasteiger partial charge in [0.2, 0.25) is 5.78 Å². The molecule has 4 aromatic rings. The standard InChI is InChI=1S/C21H18ClFN4O/c1-2-27-19(10-16(26-27)8-5-13-3-6-15(23)7-4-13)20(28)18-12-25-21-17(18)9-14(22)11-24-21/h3-4,6-7,9-12H,2,5,8H2,1H3,(H,24,25). The molecule has 0 bridgehead atoms. The molecule has 4 rings (SSSR count). The van der Waals surface area contributed by atoms with E-state index in [0.29, 0.717) is 40.3 Å². The molecule has 0 saturated heterocycles. The molecule has 1 aromatic carbocycles. The quantitative estimate of drug-likeness (QED) is 0.485. The van der Waals surface area contributed by atoms with Gasteiger partial charge in [-0.25, -0.2) is 9.37 Å². The Morgan fingerprint density at radius 1 is 1.21 bits per heavy atom. The topological polar surface area (TPSA) is 63.6 Å². The number of nitrogens with one attached hydrogen (secondary N) is 1. The van der Waals surface area contributed by atoms with E-state index >= 15 is 0 Å². The van der Waals surface area contributed by atoms with Gasteiger partial charge in [0.15, 0.2) is 0 Å². The number of H-pyrrole nitrogens is 1. The first kappa shape index (κ1) is 18.4. The highest BCUT2D eigenvalue weighted by Gasteiger charge is 2.20. The summed E-state index contributed by atoms with van der Waals surface area (Å²) in [6, 6.07) is 9.99. The minimum atomic E-state index is -0.250. The van der Waals surface area contributed by atoms with Gasteiger partial charge < -0.3 is 4.98 Å². The summed E-state index contributed by atoms with van der Waals surface area (Å²) in [5.74, 6) is -0.377. The summed E-state index contributed by atoms with van der Waals surface area (Å²) in [6.07, 6.45) is 4.58. The van der Waals surface area contributed by atoms with Gasteiger partial charge in [-0.05, 0) is 49.6 Å². The second kappa shape index (κ2) is 7.56. The van der Waals surface area contributed by atoms with E-state index < -0.39 is 0 Å². The van der Waals surface area contributed by atoms with Crippen LogP contribution in [0.5, 0.6) is 0 Å². The van der Waals surface area contributed by atoms with E-state index in [-0.39, 0.29) is 11.6 Å². The monoisotopic (exact) mass is 396 g/mol. The number of pyridine rings is 1. The first-order valence-electron chi connectivity index (χ1n) is 9.03. The van der Waals surface area contributed by atoms with Crippen LogP contribution in [0.1, 0.15) is 34.2 Å². The molecule has 0 amide bonds. The van der Waals surface area contributed by atoms with Crippen molar-refractivity contribution in [1.29, 1.82) is 0 Å². The zero-order valence-electron chi connectivity index (χ0n) is 15.2. The van der Waals surface area contributed by atoms with Crippen molar-refractivity contribution in [2.45, 2.75) is 26.3 Å². The minimum Gasteiger partial charge on any atom is -0.345 e. The summed E-state index contributed by atoms with van der Waals surface area (Å²) in [4.78, 5) is 20.4. The Bertz CT molecular complexity index is 1150. The third kappa shape index (κ3) is 3.55. The van der Waals surface area contributed by atoms with Gasteiger partial charge in [-0.1, -0.05) is 23.7 Å². The van der Waals surface area contributed by atoms with Crippen LogP contribution in [0.3, 0.4) is 0 Å². The Hall–Kier alpha value is -2.99. The number of aromatic amines is 1. The molecular formula is C21H18ClFN4O. The molecule has 28 heavy (non-hydrogen) atoms. The number of aromatic nitrogens is 4. The van der Waals surface area contributed by atoms with Crippen LogP contribution in [-0.2, 0) is 19.4 Å². The predicted octanol–water partition coefficient (Wildman–Crippen LogP) is 4.59. The van der Waals surface area contributed by atoms with E-state index in [1.165, 1.54) is 12.1 Å². The van der Waals surface area contributed by atoms with Gasteiger partial charge in [-0.2, -0.15) is 5.10 Å². The second-order valence-electron chi connectivity index (χ2n) is 6.54. The summed E-state index contributed by atoms with van der Waals surface area (Å²) in [5.41, 5.74) is 3.51. The second-order valence-corrected chi connectivity index (χ2v) is 6.98. The number of rotatable bonds is 6. The average Bonchev–Trinajstić information content (AvgIpc) is 3.30. The maximum Gasteiger partial charge on any atom is 0.213 e. The van der Waals surface area contributed by atoms with Crippen LogP contribution in [0, 0.1) is 5.82 Å². The SMILES string of the molecule is CCn1nc(CCc2ccc(F)cc2)cc1C(=O)c1c[nH]c2ncc(Cl)cc12. The number of hydrogen-bond donors (Lipinski definition) is 1. The highest BCUT2D eigenvalue weighted by atomic mass is 35.5. The van der Waals surface area contributed by atoms with Crippen molar-refractivity contribution < 1.29 is 9.18 Å². The number of halogens is 2. The van der Waals surface area contributed by atoms with E-state index in [1.54, 1.807) is 35.3 Å². The number of hydrogen-bond acceptors (Lipinski definition) is 3. The van der Waals surface area contributed by atoms with E-state index in [4.69, 9.17) is 11.6 Å². The van der Waals surface area contributed by atoms with Crippen molar-refractivity contribution in [1.82, 2.24) is 19.7 Å². The number of carbonyl (C=O) groups is 1. The van der Waals surface area contributed by atoms with Gasteiger partial charge in [0.05, 0.1) is 16.3 Å². The fraction of sp³-hybridized carbons (Fsp3) is 0.190. The lowest BCUT2D eigenvalue weighted by Crippen LogP contribution is -2.10. The first-order valence-corrected chi connectivity index (χ1v) is 9.41. The van der Waals surface area contributed by atoms with Crippen molar-refractivity contribution in [3.63, 3.8) is 0 Å². The number of aryl methyl sites for hydroxylation is 3. The Balaban J connectivity index is 1.61. The predicted molar refractivity (Wildman–Crippen MR) is 106 cm³/mol. The summed E-state index contributed by atoms with van der Waals surface area (Å²) in [6.45, 7) is 2.53. The third-order valence-electron chi connectivity index (χ3n) is 4.69. The summed E-state index contributed by atoms with van der Waals surface area (Å²) < 4.78 is 14.8. The van der Waals surface area contributed by atoms with Crippen molar-refractivity contribution in [2.24, 2.45) is 0 Å². The number of nitrogens with zero attached hydrogens (tertiary/aromatic N) is 3. The van der Waals surface area contributed by atoms with E-state index in [0.717, 1.165) is 17.7 Å². The van der Waals surface area contributed by atoms with Crippen LogP contribution < -0.4 is 0 Å². The van der Waals surface area contributed by atoms with Crippen LogP contribution in [0.15, 0.2) is 48.8 Å². The Morgan fingerprint density at radius 3 is 2.75 bits per heavy atom. The van der Waals surface area contributed by atoms with Crippen molar-refractivity contribution in [2.75, 3.05) is 0 Å². The number of ketones is 1. The molecule has 3 heterocycles. The summed E-state index contributed by atoms with van der Waals surface area (Å²) >= 11 is 6.04. The number of fused-ring (bicyclic) bond motifs is 1. The Kier molecular flexibility index (Phi) is 4.96. The maximum absolute atomic E-state index is 13.1. The highest BCUT2D eigenvalue weighted by molar-refractivity contribution is 6.31. The van der Waals surface area contributed by atoms with Gasteiger partial charge in [0, 0.05) is 24.3 Å². The van der Waals surface area contributed by atoms with Crippen LogP contribution in [0.25, 0.3) is 11.0 Å². The molecule has 1 N–H and O–H groups in total. The fourth-order valence-electron chi connectivity index (χ4n) is 3.24. The molecule has 3 aromatic heterocycles. The molecule has 0 fully saturated rings. The molecule has 142 valence electrons. The molecular weight excluding hydrogens is 379 g/mol. The molecule has 0 spiro atoms.